The van der Waals surface area contributed by atoms with Crippen molar-refractivity contribution >= 4 is 21.7 Å². The number of carbonyl (C=O) groups excluding carboxylic acids is 2. The maximum absolute atomic E-state index is 13.2. The molecule has 0 atom stereocenters. The van der Waals surface area contributed by atoms with Crippen LogP contribution in [-0.2, 0) is 22.1 Å². The van der Waals surface area contributed by atoms with Crippen LogP contribution in [-0.4, -0.2) is 74.4 Å². The van der Waals surface area contributed by atoms with Gasteiger partial charge in [-0.2, -0.15) is 13.2 Å². The van der Waals surface area contributed by atoms with Crippen molar-refractivity contribution in [1.82, 2.24) is 19.1 Å². The number of hydrogen-bond donors (Lipinski definition) is 1. The molecule has 3 heterocycles. The van der Waals surface area contributed by atoms with Crippen LogP contribution in [0.5, 0.6) is 0 Å². The predicted octanol–water partition coefficient (Wildman–Crippen LogP) is 2.53. The lowest BCUT2D eigenvalue weighted by molar-refractivity contribution is -0.0892. The van der Waals surface area contributed by atoms with E-state index in [1.807, 2.05) is 7.05 Å². The van der Waals surface area contributed by atoms with Crippen molar-refractivity contribution in [2.24, 2.45) is 0 Å². The average molecular weight is 513 g/mol. The highest BCUT2D eigenvalue weighted by Gasteiger charge is 2.47. The molecule has 1 aromatic carbocycles. The summed E-state index contributed by atoms with van der Waals surface area (Å²) in [4.78, 5) is 28.9. The van der Waals surface area contributed by atoms with Crippen molar-refractivity contribution in [3.8, 4) is 0 Å². The molecule has 2 aliphatic heterocycles. The maximum Gasteiger partial charge on any atom is 0.456 e. The quantitative estimate of drug-likeness (QED) is 0.636. The molecule has 0 radical (unpaired) electrons. The lowest BCUT2D eigenvalue weighted by Gasteiger charge is -2.50. The second-order valence-corrected chi connectivity index (χ2v) is 10.9. The minimum Gasteiger partial charge on any atom is -0.339 e. The number of halogens is 3. The van der Waals surface area contributed by atoms with E-state index < -0.39 is 27.5 Å². The van der Waals surface area contributed by atoms with Crippen LogP contribution in [0.15, 0.2) is 35.2 Å². The average Bonchev–Trinajstić information content (AvgIpc) is 3.25. The number of benzene rings is 1. The molecule has 4 rings (SSSR count). The van der Waals surface area contributed by atoms with Crippen LogP contribution in [0.1, 0.15) is 44.9 Å². The second-order valence-electron chi connectivity index (χ2n) is 9.02. The summed E-state index contributed by atoms with van der Waals surface area (Å²) in [5.41, 5.74) is 0.533. The number of likely N-dealkylation sites (N-methyl/N-ethyl adjacent to an activating group) is 1. The molecular formula is C23H27F3N4O4S. The zero-order chi connectivity index (χ0) is 25.8. The first-order valence-corrected chi connectivity index (χ1v) is 12.7. The van der Waals surface area contributed by atoms with Gasteiger partial charge in [0.1, 0.15) is 0 Å². The summed E-state index contributed by atoms with van der Waals surface area (Å²) in [7, 11) is -0.416. The highest BCUT2D eigenvalue weighted by molar-refractivity contribution is 7.89. The van der Waals surface area contributed by atoms with Crippen LogP contribution in [0.3, 0.4) is 0 Å². The van der Waals surface area contributed by atoms with Crippen molar-refractivity contribution in [3.63, 3.8) is 0 Å². The Hall–Kier alpha value is -2.70. The third-order valence-corrected chi connectivity index (χ3v) is 8.77. The van der Waals surface area contributed by atoms with E-state index in [0.717, 1.165) is 0 Å². The number of nitrogens with zero attached hydrogens (tertiary/aromatic N) is 3. The summed E-state index contributed by atoms with van der Waals surface area (Å²) in [6.45, 7) is 3.12. The van der Waals surface area contributed by atoms with Gasteiger partial charge in [-0.3, -0.25) is 14.5 Å². The number of fused-ring (bicyclic) bond motifs is 2. The van der Waals surface area contributed by atoms with Gasteiger partial charge in [0, 0.05) is 37.4 Å². The Morgan fingerprint density at radius 1 is 1.03 bits per heavy atom. The van der Waals surface area contributed by atoms with Crippen molar-refractivity contribution in [3.05, 3.63) is 52.8 Å². The number of hydrogen-bond acceptors (Lipinski definition) is 5. The molecular weight excluding hydrogens is 485 g/mol. The van der Waals surface area contributed by atoms with Gasteiger partial charge in [-0.1, -0.05) is 0 Å². The van der Waals surface area contributed by atoms with Gasteiger partial charge in [0.05, 0.1) is 16.1 Å². The number of piperidine rings is 1. The first kappa shape index (κ1) is 25.4. The largest absolute Gasteiger partial charge is 0.456 e. The number of Topliss-reactive ketones (excluding diaryl/α,β-unsaturated/α-hetero) is 1. The minimum atomic E-state index is -4.94. The predicted molar refractivity (Wildman–Crippen MR) is 122 cm³/mol. The molecule has 1 aromatic heterocycles. The molecule has 1 N–H and O–H groups in total. The van der Waals surface area contributed by atoms with Gasteiger partial charge < -0.3 is 9.47 Å². The molecule has 35 heavy (non-hydrogen) atoms. The van der Waals surface area contributed by atoms with E-state index in [9.17, 15) is 31.2 Å². The molecule has 2 aromatic rings. The third-order valence-electron chi connectivity index (χ3n) is 7.20. The zero-order valence-corrected chi connectivity index (χ0v) is 20.5. The fourth-order valence-electron chi connectivity index (χ4n) is 5.21. The van der Waals surface area contributed by atoms with Crippen molar-refractivity contribution in [1.29, 1.82) is 0 Å². The summed E-state index contributed by atoms with van der Waals surface area (Å²) < 4.78 is 67.2. The third kappa shape index (κ3) is 4.27. The summed E-state index contributed by atoms with van der Waals surface area (Å²) in [5.74, 6) is -2.09. The zero-order valence-electron chi connectivity index (χ0n) is 19.6. The van der Waals surface area contributed by atoms with Gasteiger partial charge in [-0.25, -0.2) is 13.1 Å². The van der Waals surface area contributed by atoms with Crippen LogP contribution in [0, 0.1) is 6.92 Å². The van der Waals surface area contributed by atoms with Crippen molar-refractivity contribution in [2.45, 2.75) is 42.9 Å². The van der Waals surface area contributed by atoms with Crippen LogP contribution in [0.4, 0.5) is 13.2 Å². The highest BCUT2D eigenvalue weighted by atomic mass is 32.2. The molecule has 1 fully saturated rings. The Balaban J connectivity index is 1.56. The lowest BCUT2D eigenvalue weighted by atomic mass is 9.81. The number of ketones is 1. The van der Waals surface area contributed by atoms with Gasteiger partial charge >= 0.3 is 6.18 Å². The van der Waals surface area contributed by atoms with Crippen LogP contribution in [0.25, 0.3) is 0 Å². The molecule has 2 aliphatic rings. The second kappa shape index (κ2) is 8.75. The topological polar surface area (TPSA) is 91.7 Å². The molecule has 0 aliphatic carbocycles. The lowest BCUT2D eigenvalue weighted by Crippen LogP contribution is -2.56. The Bertz CT molecular complexity index is 1280. The molecule has 1 spiro atoms. The van der Waals surface area contributed by atoms with E-state index in [-0.39, 0.29) is 23.0 Å². The van der Waals surface area contributed by atoms with E-state index >= 15 is 0 Å². The molecule has 8 nitrogen and oxygen atoms in total. The maximum atomic E-state index is 13.2. The van der Waals surface area contributed by atoms with E-state index in [2.05, 4.69) is 9.62 Å². The number of likely N-dealkylation sites (tertiary alicyclic amines) is 1. The fraction of sp³-hybridized carbons (Fsp3) is 0.478. The number of rotatable bonds is 4. The minimum absolute atomic E-state index is 0.1000. The number of aromatic nitrogens is 1. The molecule has 0 saturated carbocycles. The standard InChI is InChI=1S/C23H27F3N4O4S/c1-15-14-16(4-6-18(15)35(33,34)27-2)21(32)29-10-8-22(9-11-29)19-7-5-17(20(31)23(24,25)26)30(19)13-12-28(22)3/h4-7,14,27H,8-13H2,1-3H3. The van der Waals surface area contributed by atoms with Crippen LogP contribution >= 0.6 is 0 Å². The fourth-order valence-corrected chi connectivity index (χ4v) is 6.16. The Morgan fingerprint density at radius 3 is 2.26 bits per heavy atom. The number of amides is 1. The molecule has 1 saturated heterocycles. The molecule has 1 amide bonds. The number of sulfonamides is 1. The van der Waals surface area contributed by atoms with Crippen molar-refractivity contribution < 1.29 is 31.2 Å². The van der Waals surface area contributed by atoms with E-state index in [4.69, 9.17) is 0 Å². The highest BCUT2D eigenvalue weighted by Crippen LogP contribution is 2.42. The van der Waals surface area contributed by atoms with E-state index in [1.54, 1.807) is 24.0 Å². The summed E-state index contributed by atoms with van der Waals surface area (Å²) >= 11 is 0. The van der Waals surface area contributed by atoms with Gasteiger partial charge in [-0.05, 0) is 69.8 Å². The molecule has 0 bridgehead atoms. The Morgan fingerprint density at radius 2 is 1.69 bits per heavy atom. The SMILES string of the molecule is CNS(=O)(=O)c1ccc(C(=O)N2CCC3(CC2)c2ccc(C(=O)C(F)(F)F)n2CCN3C)cc1C. The monoisotopic (exact) mass is 512 g/mol. The van der Waals surface area contributed by atoms with Gasteiger partial charge in [0.15, 0.2) is 0 Å². The summed E-state index contributed by atoms with van der Waals surface area (Å²) in [6, 6.07) is 7.27. The van der Waals surface area contributed by atoms with Gasteiger partial charge in [0.2, 0.25) is 10.0 Å². The number of aryl methyl sites for hydroxylation is 1. The molecule has 12 heteroatoms. The van der Waals surface area contributed by atoms with E-state index in [1.165, 1.54) is 29.8 Å². The summed E-state index contributed by atoms with van der Waals surface area (Å²) in [6.07, 6.45) is -3.96. The van der Waals surface area contributed by atoms with Gasteiger partial charge in [0.25, 0.3) is 11.7 Å². The first-order chi connectivity index (χ1) is 16.3. The van der Waals surface area contributed by atoms with Crippen molar-refractivity contribution in [2.75, 3.05) is 33.7 Å². The van der Waals surface area contributed by atoms with Crippen LogP contribution < -0.4 is 4.72 Å². The number of alkyl halides is 3. The normalized spacial score (nSPS) is 18.5. The van der Waals surface area contributed by atoms with Gasteiger partial charge in [-0.15, -0.1) is 0 Å². The number of carbonyl (C=O) groups is 2. The molecule has 190 valence electrons. The summed E-state index contributed by atoms with van der Waals surface area (Å²) in [5, 5.41) is 0. The smallest absolute Gasteiger partial charge is 0.339 e. The Labute approximate surface area is 201 Å². The Kier molecular flexibility index (Phi) is 6.35. The number of nitrogens with one attached hydrogen (secondary N) is 1. The first-order valence-electron chi connectivity index (χ1n) is 11.2. The van der Waals surface area contributed by atoms with Crippen LogP contribution in [0.2, 0.25) is 0 Å². The molecule has 0 unspecified atom stereocenters. The van der Waals surface area contributed by atoms with E-state index in [0.29, 0.717) is 49.3 Å².